The fourth-order valence-corrected chi connectivity index (χ4v) is 1.76. The van der Waals surface area contributed by atoms with Gasteiger partial charge in [0.15, 0.2) is 11.6 Å². The molecule has 1 rings (SSSR count). The van der Waals surface area contributed by atoms with Crippen molar-refractivity contribution in [1.29, 1.82) is 0 Å². The largest absolute Gasteiger partial charge is 0.494 e. The van der Waals surface area contributed by atoms with E-state index in [2.05, 4.69) is 5.32 Å². The third-order valence-electron chi connectivity index (χ3n) is 2.95. The summed E-state index contributed by atoms with van der Waals surface area (Å²) in [4.78, 5) is 24.5. The summed E-state index contributed by atoms with van der Waals surface area (Å²) in [7, 11) is 1.39. The molecule has 1 aromatic rings. The third-order valence-corrected chi connectivity index (χ3v) is 2.95. The highest BCUT2D eigenvalue weighted by Gasteiger charge is 2.14. The molecule has 21 heavy (non-hydrogen) atoms. The predicted molar refractivity (Wildman–Crippen MR) is 76.1 cm³/mol. The summed E-state index contributed by atoms with van der Waals surface area (Å²) >= 11 is 0. The first-order valence-corrected chi connectivity index (χ1v) is 6.58. The number of nitrogens with zero attached hydrogens (tertiary/aromatic N) is 1. The van der Waals surface area contributed by atoms with Gasteiger partial charge in [-0.05, 0) is 24.6 Å². The second kappa shape index (κ2) is 8.21. The van der Waals surface area contributed by atoms with Crippen LogP contribution in [-0.4, -0.2) is 43.5 Å². The molecular weight excluding hydrogens is 277 g/mol. The quantitative estimate of drug-likeness (QED) is 0.756. The number of hydrogen-bond acceptors (Lipinski definition) is 4. The van der Waals surface area contributed by atoms with Gasteiger partial charge in [-0.3, -0.25) is 9.59 Å². The molecule has 0 saturated carbocycles. The van der Waals surface area contributed by atoms with Crippen LogP contribution in [0.5, 0.6) is 5.75 Å². The lowest BCUT2D eigenvalue weighted by molar-refractivity contribution is -0.132. The van der Waals surface area contributed by atoms with Gasteiger partial charge >= 0.3 is 0 Å². The van der Waals surface area contributed by atoms with E-state index in [0.29, 0.717) is 12.1 Å². The molecule has 0 aliphatic heterocycles. The summed E-state index contributed by atoms with van der Waals surface area (Å²) in [5.41, 5.74) is 5.79. The lowest BCUT2D eigenvalue weighted by Crippen LogP contribution is -2.41. The standard InChI is InChI=1S/C14H20FN3O3/c1-3-18(14(20)8-17-13(19)7-16)9-10-4-5-12(21-2)11(15)6-10/h4-6H,3,7-9,16H2,1-2H3,(H,17,19). The first-order valence-electron chi connectivity index (χ1n) is 6.58. The second-order valence-corrected chi connectivity index (χ2v) is 4.36. The molecule has 0 aromatic heterocycles. The second-order valence-electron chi connectivity index (χ2n) is 4.36. The monoisotopic (exact) mass is 297 g/mol. The van der Waals surface area contributed by atoms with Crippen molar-refractivity contribution in [1.82, 2.24) is 10.2 Å². The number of benzene rings is 1. The summed E-state index contributed by atoms with van der Waals surface area (Å²) < 4.78 is 18.4. The Bertz CT molecular complexity index is 508. The average molecular weight is 297 g/mol. The molecule has 0 unspecified atom stereocenters. The summed E-state index contributed by atoms with van der Waals surface area (Å²) in [5.74, 6) is -0.969. The van der Waals surface area contributed by atoms with Gasteiger partial charge in [-0.15, -0.1) is 0 Å². The molecular formula is C14H20FN3O3. The number of ether oxygens (including phenoxy) is 1. The van der Waals surface area contributed by atoms with Gasteiger partial charge in [0.05, 0.1) is 20.2 Å². The Morgan fingerprint density at radius 1 is 1.43 bits per heavy atom. The van der Waals surface area contributed by atoms with E-state index in [4.69, 9.17) is 10.5 Å². The Morgan fingerprint density at radius 3 is 2.67 bits per heavy atom. The first-order chi connectivity index (χ1) is 10.0. The fraction of sp³-hybridized carbons (Fsp3) is 0.429. The molecule has 0 aliphatic carbocycles. The number of nitrogens with two attached hydrogens (primary N) is 1. The van der Waals surface area contributed by atoms with Gasteiger partial charge in [0.25, 0.3) is 0 Å². The normalized spacial score (nSPS) is 10.1. The predicted octanol–water partition coefficient (Wildman–Crippen LogP) is 0.258. The number of methoxy groups -OCH3 is 1. The Balaban J connectivity index is 2.66. The van der Waals surface area contributed by atoms with Crippen molar-refractivity contribution >= 4 is 11.8 Å². The molecule has 7 heteroatoms. The van der Waals surface area contributed by atoms with E-state index in [1.165, 1.54) is 24.1 Å². The zero-order valence-corrected chi connectivity index (χ0v) is 12.2. The van der Waals surface area contributed by atoms with Crippen LogP contribution in [0.4, 0.5) is 4.39 Å². The number of likely N-dealkylation sites (N-methyl/N-ethyl adjacent to an activating group) is 1. The zero-order chi connectivity index (χ0) is 15.8. The van der Waals surface area contributed by atoms with Gasteiger partial charge in [0.2, 0.25) is 11.8 Å². The molecule has 0 atom stereocenters. The SMILES string of the molecule is CCN(Cc1ccc(OC)c(F)c1)C(=O)CNC(=O)CN. The Hall–Kier alpha value is -2.15. The van der Waals surface area contributed by atoms with Crippen molar-refractivity contribution in [3.63, 3.8) is 0 Å². The maximum atomic E-state index is 13.6. The summed E-state index contributed by atoms with van der Waals surface area (Å²) in [6, 6.07) is 4.53. The van der Waals surface area contributed by atoms with Crippen LogP contribution in [0.15, 0.2) is 18.2 Å². The van der Waals surface area contributed by atoms with Crippen LogP contribution in [0.1, 0.15) is 12.5 Å². The maximum Gasteiger partial charge on any atom is 0.242 e. The maximum absolute atomic E-state index is 13.6. The molecule has 0 aliphatic rings. The fourth-order valence-electron chi connectivity index (χ4n) is 1.76. The van der Waals surface area contributed by atoms with Crippen LogP contribution in [0.2, 0.25) is 0 Å². The molecule has 0 saturated heterocycles. The van der Waals surface area contributed by atoms with E-state index in [1.54, 1.807) is 6.07 Å². The first kappa shape index (κ1) is 16.9. The average Bonchev–Trinajstić information content (AvgIpc) is 2.49. The van der Waals surface area contributed by atoms with Crippen LogP contribution >= 0.6 is 0 Å². The third kappa shape index (κ3) is 5.03. The van der Waals surface area contributed by atoms with Crippen molar-refractivity contribution in [2.75, 3.05) is 26.7 Å². The van der Waals surface area contributed by atoms with Crippen LogP contribution in [-0.2, 0) is 16.1 Å². The number of carbonyl (C=O) groups excluding carboxylic acids is 2. The molecule has 0 radical (unpaired) electrons. The van der Waals surface area contributed by atoms with Crippen molar-refractivity contribution in [2.45, 2.75) is 13.5 Å². The minimum atomic E-state index is -0.477. The van der Waals surface area contributed by atoms with Crippen LogP contribution in [0.25, 0.3) is 0 Å². The highest BCUT2D eigenvalue weighted by molar-refractivity contribution is 5.85. The number of amides is 2. The summed E-state index contributed by atoms with van der Waals surface area (Å²) in [6.45, 7) is 2.23. The number of nitrogens with one attached hydrogen (secondary N) is 1. The molecule has 0 heterocycles. The van der Waals surface area contributed by atoms with Gasteiger partial charge in [0, 0.05) is 13.1 Å². The smallest absolute Gasteiger partial charge is 0.242 e. The minimum Gasteiger partial charge on any atom is -0.494 e. The molecule has 3 N–H and O–H groups in total. The van der Waals surface area contributed by atoms with Gasteiger partial charge in [-0.2, -0.15) is 0 Å². The van der Waals surface area contributed by atoms with Gasteiger partial charge in [-0.25, -0.2) is 4.39 Å². The number of halogens is 1. The van der Waals surface area contributed by atoms with Crippen LogP contribution < -0.4 is 15.8 Å². The van der Waals surface area contributed by atoms with Gasteiger partial charge in [-0.1, -0.05) is 6.07 Å². The lowest BCUT2D eigenvalue weighted by Gasteiger charge is -2.21. The Morgan fingerprint density at radius 2 is 2.14 bits per heavy atom. The van der Waals surface area contributed by atoms with E-state index in [0.717, 1.165) is 0 Å². The van der Waals surface area contributed by atoms with Gasteiger partial charge < -0.3 is 20.7 Å². The minimum absolute atomic E-state index is 0.123. The zero-order valence-electron chi connectivity index (χ0n) is 12.2. The number of carbonyl (C=O) groups is 2. The summed E-state index contributed by atoms with van der Waals surface area (Å²) in [6.07, 6.45) is 0. The van der Waals surface area contributed by atoms with Crippen LogP contribution in [0, 0.1) is 5.82 Å². The molecule has 2 amide bonds. The van der Waals surface area contributed by atoms with E-state index in [1.807, 2.05) is 6.92 Å². The van der Waals surface area contributed by atoms with Crippen molar-refractivity contribution in [3.05, 3.63) is 29.6 Å². The van der Waals surface area contributed by atoms with E-state index in [-0.39, 0.29) is 31.3 Å². The van der Waals surface area contributed by atoms with Crippen molar-refractivity contribution < 1.29 is 18.7 Å². The lowest BCUT2D eigenvalue weighted by atomic mass is 10.2. The highest BCUT2D eigenvalue weighted by Crippen LogP contribution is 2.18. The molecule has 0 fully saturated rings. The van der Waals surface area contributed by atoms with Crippen molar-refractivity contribution in [3.8, 4) is 5.75 Å². The molecule has 0 spiro atoms. The summed E-state index contributed by atoms with van der Waals surface area (Å²) in [5, 5.41) is 2.41. The van der Waals surface area contributed by atoms with Gasteiger partial charge in [0.1, 0.15) is 0 Å². The van der Waals surface area contributed by atoms with E-state index < -0.39 is 11.7 Å². The Kier molecular flexibility index (Phi) is 6.61. The Labute approximate surface area is 123 Å². The molecule has 116 valence electrons. The molecule has 0 bridgehead atoms. The van der Waals surface area contributed by atoms with E-state index >= 15 is 0 Å². The number of rotatable bonds is 7. The van der Waals surface area contributed by atoms with Crippen LogP contribution in [0.3, 0.4) is 0 Å². The topological polar surface area (TPSA) is 84.7 Å². The molecule has 1 aromatic carbocycles. The molecule has 6 nitrogen and oxygen atoms in total. The van der Waals surface area contributed by atoms with E-state index in [9.17, 15) is 14.0 Å². The van der Waals surface area contributed by atoms with Crippen molar-refractivity contribution in [2.24, 2.45) is 5.73 Å². The highest BCUT2D eigenvalue weighted by atomic mass is 19.1. The number of hydrogen-bond donors (Lipinski definition) is 2.